The molecule has 0 atom stereocenters. The zero-order valence-electron chi connectivity index (χ0n) is 10.1. The molecule has 0 radical (unpaired) electrons. The van der Waals surface area contributed by atoms with E-state index in [1.54, 1.807) is 0 Å². The molecule has 1 rings (SSSR count). The summed E-state index contributed by atoms with van der Waals surface area (Å²) in [4.78, 5) is 0. The Hall–Kier alpha value is -1.18. The molecule has 0 aliphatic heterocycles. The van der Waals surface area contributed by atoms with E-state index in [2.05, 4.69) is 11.6 Å². The minimum atomic E-state index is 0.101. The number of thioether (sulfide) groups is 1. The standard InChI is InChI=1S/C13H18N2OS/c1-17-10-4-8-15-11-12-5-2-3-6-13(12)16-9-7-14/h2-3,5-6,15H,4,8-11H2,1H3. The van der Waals surface area contributed by atoms with Gasteiger partial charge in [-0.15, -0.1) is 0 Å². The number of hydrogen-bond acceptors (Lipinski definition) is 4. The highest BCUT2D eigenvalue weighted by Gasteiger charge is 2.01. The van der Waals surface area contributed by atoms with Crippen LogP contribution < -0.4 is 10.1 Å². The average Bonchev–Trinajstić information content (AvgIpc) is 2.37. The molecule has 0 heterocycles. The lowest BCUT2D eigenvalue weighted by atomic mass is 10.2. The van der Waals surface area contributed by atoms with Gasteiger partial charge in [0, 0.05) is 12.1 Å². The van der Waals surface area contributed by atoms with Gasteiger partial charge in [-0.05, 0) is 31.0 Å². The van der Waals surface area contributed by atoms with Crippen molar-refractivity contribution >= 4 is 11.8 Å². The SMILES string of the molecule is CSCCCNCc1ccccc1OCC#N. The van der Waals surface area contributed by atoms with E-state index in [1.165, 1.54) is 12.2 Å². The summed E-state index contributed by atoms with van der Waals surface area (Å²) >= 11 is 1.86. The van der Waals surface area contributed by atoms with Crippen LogP contribution in [-0.2, 0) is 6.54 Å². The van der Waals surface area contributed by atoms with Gasteiger partial charge < -0.3 is 10.1 Å². The summed E-state index contributed by atoms with van der Waals surface area (Å²) < 4.78 is 5.36. The van der Waals surface area contributed by atoms with Gasteiger partial charge in [0.15, 0.2) is 6.61 Å². The smallest absolute Gasteiger partial charge is 0.174 e. The van der Waals surface area contributed by atoms with Crippen molar-refractivity contribution in [3.8, 4) is 11.8 Å². The third-order valence-electron chi connectivity index (χ3n) is 2.28. The van der Waals surface area contributed by atoms with E-state index in [1.807, 2.05) is 42.1 Å². The monoisotopic (exact) mass is 250 g/mol. The van der Waals surface area contributed by atoms with Crippen molar-refractivity contribution in [2.45, 2.75) is 13.0 Å². The van der Waals surface area contributed by atoms with Gasteiger partial charge in [0.2, 0.25) is 0 Å². The fraction of sp³-hybridized carbons (Fsp3) is 0.462. The number of rotatable bonds is 8. The Balaban J connectivity index is 2.38. The van der Waals surface area contributed by atoms with Crippen LogP contribution in [-0.4, -0.2) is 25.2 Å². The maximum atomic E-state index is 8.50. The summed E-state index contributed by atoms with van der Waals surface area (Å²) in [6.45, 7) is 1.90. The molecule has 0 saturated heterocycles. The van der Waals surface area contributed by atoms with Gasteiger partial charge >= 0.3 is 0 Å². The summed E-state index contributed by atoms with van der Waals surface area (Å²) in [5.41, 5.74) is 1.10. The second-order valence-corrected chi connectivity index (χ2v) is 4.56. The first-order valence-electron chi connectivity index (χ1n) is 5.65. The summed E-state index contributed by atoms with van der Waals surface area (Å²) in [6, 6.07) is 9.81. The molecule has 92 valence electrons. The van der Waals surface area contributed by atoms with Crippen molar-refractivity contribution in [2.24, 2.45) is 0 Å². The highest BCUT2D eigenvalue weighted by molar-refractivity contribution is 7.98. The third-order valence-corrected chi connectivity index (χ3v) is 2.98. The van der Waals surface area contributed by atoms with E-state index in [4.69, 9.17) is 10.00 Å². The van der Waals surface area contributed by atoms with Crippen molar-refractivity contribution in [3.05, 3.63) is 29.8 Å². The molecule has 0 aromatic heterocycles. The van der Waals surface area contributed by atoms with Crippen LogP contribution >= 0.6 is 11.8 Å². The van der Waals surface area contributed by atoms with Crippen LogP contribution in [0.2, 0.25) is 0 Å². The Kier molecular flexibility index (Phi) is 7.28. The van der Waals surface area contributed by atoms with Crippen LogP contribution in [0.3, 0.4) is 0 Å². The fourth-order valence-corrected chi connectivity index (χ4v) is 1.90. The van der Waals surface area contributed by atoms with Gasteiger partial charge in [-0.2, -0.15) is 17.0 Å². The van der Waals surface area contributed by atoms with Crippen LogP contribution in [0.25, 0.3) is 0 Å². The van der Waals surface area contributed by atoms with Crippen LogP contribution in [0, 0.1) is 11.3 Å². The highest BCUT2D eigenvalue weighted by Crippen LogP contribution is 2.17. The van der Waals surface area contributed by atoms with Gasteiger partial charge in [-0.3, -0.25) is 0 Å². The zero-order valence-corrected chi connectivity index (χ0v) is 10.9. The van der Waals surface area contributed by atoms with Crippen LogP contribution in [0.4, 0.5) is 0 Å². The van der Waals surface area contributed by atoms with Gasteiger partial charge in [-0.1, -0.05) is 18.2 Å². The first-order valence-corrected chi connectivity index (χ1v) is 7.05. The highest BCUT2D eigenvalue weighted by atomic mass is 32.2. The number of nitrogens with one attached hydrogen (secondary N) is 1. The molecule has 1 aromatic carbocycles. The molecular formula is C13H18N2OS. The first-order chi connectivity index (χ1) is 8.38. The van der Waals surface area contributed by atoms with E-state index < -0.39 is 0 Å². The average molecular weight is 250 g/mol. The minimum absolute atomic E-state index is 0.101. The molecule has 0 saturated carbocycles. The quantitative estimate of drug-likeness (QED) is 0.720. The Morgan fingerprint density at radius 1 is 1.41 bits per heavy atom. The Morgan fingerprint density at radius 2 is 2.24 bits per heavy atom. The first kappa shape index (κ1) is 13.9. The molecule has 0 bridgehead atoms. The predicted octanol–water partition coefficient (Wildman–Crippen LogP) is 2.43. The fourth-order valence-electron chi connectivity index (χ4n) is 1.47. The zero-order chi connectivity index (χ0) is 12.3. The molecule has 0 aliphatic rings. The predicted molar refractivity (Wildman–Crippen MR) is 72.3 cm³/mol. The van der Waals surface area contributed by atoms with Crippen molar-refractivity contribution in [2.75, 3.05) is 25.2 Å². The number of nitrogens with zero attached hydrogens (tertiary/aromatic N) is 1. The Labute approximate surface area is 107 Å². The number of nitriles is 1. The summed E-state index contributed by atoms with van der Waals surface area (Å²) in [5.74, 6) is 1.98. The van der Waals surface area contributed by atoms with Crippen molar-refractivity contribution < 1.29 is 4.74 Å². The third kappa shape index (κ3) is 5.62. The van der Waals surface area contributed by atoms with Crippen molar-refractivity contribution in [1.29, 1.82) is 5.26 Å². The normalized spacial score (nSPS) is 9.88. The summed E-state index contributed by atoms with van der Waals surface area (Å²) in [5, 5.41) is 11.9. The summed E-state index contributed by atoms with van der Waals surface area (Å²) in [6.07, 6.45) is 3.29. The molecule has 4 heteroatoms. The molecule has 0 spiro atoms. The maximum Gasteiger partial charge on any atom is 0.174 e. The minimum Gasteiger partial charge on any atom is -0.478 e. The number of hydrogen-bond donors (Lipinski definition) is 1. The molecule has 0 unspecified atom stereocenters. The molecule has 0 aliphatic carbocycles. The Morgan fingerprint density at radius 3 is 3.00 bits per heavy atom. The van der Waals surface area contributed by atoms with E-state index >= 15 is 0 Å². The topological polar surface area (TPSA) is 45.0 Å². The van der Waals surface area contributed by atoms with Gasteiger partial charge in [0.05, 0.1) is 0 Å². The van der Waals surface area contributed by atoms with Crippen LogP contribution in [0.1, 0.15) is 12.0 Å². The second-order valence-electron chi connectivity index (χ2n) is 3.58. The molecule has 0 amide bonds. The van der Waals surface area contributed by atoms with Crippen molar-refractivity contribution in [3.63, 3.8) is 0 Å². The van der Waals surface area contributed by atoms with Gasteiger partial charge in [0.25, 0.3) is 0 Å². The maximum absolute atomic E-state index is 8.50. The van der Waals surface area contributed by atoms with Crippen LogP contribution in [0.15, 0.2) is 24.3 Å². The summed E-state index contributed by atoms with van der Waals surface area (Å²) in [7, 11) is 0. The van der Waals surface area contributed by atoms with E-state index in [0.29, 0.717) is 0 Å². The molecule has 17 heavy (non-hydrogen) atoms. The van der Waals surface area contributed by atoms with E-state index in [0.717, 1.165) is 24.4 Å². The molecule has 1 aromatic rings. The largest absolute Gasteiger partial charge is 0.478 e. The van der Waals surface area contributed by atoms with Gasteiger partial charge in [0.1, 0.15) is 11.8 Å². The van der Waals surface area contributed by atoms with E-state index in [9.17, 15) is 0 Å². The molecule has 1 N–H and O–H groups in total. The number of ether oxygens (including phenoxy) is 1. The number of para-hydroxylation sites is 1. The second kappa shape index (κ2) is 8.91. The Bertz CT molecular complexity index is 363. The van der Waals surface area contributed by atoms with E-state index in [-0.39, 0.29) is 6.61 Å². The van der Waals surface area contributed by atoms with Crippen LogP contribution in [0.5, 0.6) is 5.75 Å². The molecule has 0 fully saturated rings. The molecular weight excluding hydrogens is 232 g/mol. The van der Waals surface area contributed by atoms with Crippen molar-refractivity contribution in [1.82, 2.24) is 5.32 Å². The molecule has 3 nitrogen and oxygen atoms in total. The lowest BCUT2D eigenvalue weighted by Gasteiger charge is -2.09. The number of benzene rings is 1. The lowest BCUT2D eigenvalue weighted by Crippen LogP contribution is -2.16. The van der Waals surface area contributed by atoms with Gasteiger partial charge in [-0.25, -0.2) is 0 Å². The lowest BCUT2D eigenvalue weighted by molar-refractivity contribution is 0.362.